The van der Waals surface area contributed by atoms with Crippen molar-refractivity contribution in [1.29, 1.82) is 0 Å². The predicted octanol–water partition coefficient (Wildman–Crippen LogP) is 3.44. The molecule has 0 fully saturated rings. The van der Waals surface area contributed by atoms with Crippen LogP contribution in [0.1, 0.15) is 34.3 Å². The van der Waals surface area contributed by atoms with E-state index in [1.165, 1.54) is 40.3 Å². The number of carbonyl (C=O) groups excluding carboxylic acids is 1. The van der Waals surface area contributed by atoms with Crippen LogP contribution < -0.4 is 5.56 Å². The second-order valence-corrected chi connectivity index (χ2v) is 8.34. The first kappa shape index (κ1) is 18.1. The van der Waals surface area contributed by atoms with Crippen molar-refractivity contribution in [2.24, 2.45) is 7.05 Å². The molecule has 0 N–H and O–H groups in total. The average Bonchev–Trinajstić information content (AvgIpc) is 3.19. The molecule has 0 unspecified atom stereocenters. The highest BCUT2D eigenvalue weighted by Crippen LogP contribution is 2.25. The number of ketones is 1. The Balaban J connectivity index is 1.47. The number of benzene rings is 2. The number of fused-ring (bicyclic) bond motifs is 4. The molecule has 0 aliphatic heterocycles. The van der Waals surface area contributed by atoms with Gasteiger partial charge in [-0.2, -0.15) is 0 Å². The maximum Gasteiger partial charge on any atom is 0.262 e. The Labute approximate surface area is 171 Å². The van der Waals surface area contributed by atoms with Crippen LogP contribution in [0.2, 0.25) is 0 Å². The third-order valence-corrected chi connectivity index (χ3v) is 6.53. The van der Waals surface area contributed by atoms with Gasteiger partial charge in [0.15, 0.2) is 10.9 Å². The first-order chi connectivity index (χ1) is 14.1. The van der Waals surface area contributed by atoms with Gasteiger partial charge in [0.05, 0.1) is 16.7 Å². The van der Waals surface area contributed by atoms with E-state index in [4.69, 9.17) is 0 Å². The molecule has 0 saturated heterocycles. The number of thioether (sulfide) groups is 1. The van der Waals surface area contributed by atoms with Crippen LogP contribution in [0.3, 0.4) is 0 Å². The zero-order valence-electron chi connectivity index (χ0n) is 16.1. The summed E-state index contributed by atoms with van der Waals surface area (Å²) in [5.74, 6) is 0.822. The van der Waals surface area contributed by atoms with E-state index in [-0.39, 0.29) is 17.1 Å². The molecule has 0 amide bonds. The minimum Gasteiger partial charge on any atom is -0.293 e. The van der Waals surface area contributed by atoms with Gasteiger partial charge >= 0.3 is 0 Å². The summed E-state index contributed by atoms with van der Waals surface area (Å²) in [6, 6.07) is 13.5. The summed E-state index contributed by atoms with van der Waals surface area (Å²) in [6.07, 6.45) is 4.58. The summed E-state index contributed by atoms with van der Waals surface area (Å²) in [6.45, 7) is 0. The minimum atomic E-state index is -0.109. The van der Waals surface area contributed by atoms with Crippen LogP contribution in [-0.2, 0) is 19.9 Å². The number of carbonyl (C=O) groups is 1. The molecule has 2 aromatic carbocycles. The fourth-order valence-corrected chi connectivity index (χ4v) is 4.86. The third kappa shape index (κ3) is 3.06. The van der Waals surface area contributed by atoms with Crippen LogP contribution in [0, 0.1) is 0 Å². The molecule has 2 aromatic heterocycles. The van der Waals surface area contributed by atoms with E-state index in [9.17, 15) is 9.59 Å². The number of aromatic nitrogens is 4. The molecule has 0 spiro atoms. The van der Waals surface area contributed by atoms with Gasteiger partial charge in [-0.25, -0.2) is 0 Å². The Bertz CT molecular complexity index is 1320. The Kier molecular flexibility index (Phi) is 4.47. The van der Waals surface area contributed by atoms with Crippen molar-refractivity contribution in [3.63, 3.8) is 0 Å². The molecule has 4 aromatic rings. The lowest BCUT2D eigenvalue weighted by atomic mass is 9.90. The van der Waals surface area contributed by atoms with E-state index in [1.807, 2.05) is 28.7 Å². The first-order valence-corrected chi connectivity index (χ1v) is 10.7. The number of nitrogens with zero attached hydrogens (tertiary/aromatic N) is 4. The predicted molar refractivity (Wildman–Crippen MR) is 114 cm³/mol. The highest BCUT2D eigenvalue weighted by Gasteiger charge is 2.17. The lowest BCUT2D eigenvalue weighted by Crippen LogP contribution is -2.20. The topological polar surface area (TPSA) is 69.3 Å². The summed E-state index contributed by atoms with van der Waals surface area (Å²) in [4.78, 5) is 25.4. The zero-order valence-corrected chi connectivity index (χ0v) is 16.9. The van der Waals surface area contributed by atoms with Crippen LogP contribution in [0.15, 0.2) is 52.4 Å². The molecule has 7 heteroatoms. The normalized spacial score (nSPS) is 13.7. The Hall–Kier alpha value is -2.93. The maximum atomic E-state index is 12.8. The summed E-state index contributed by atoms with van der Waals surface area (Å²) in [7, 11) is 1.69. The van der Waals surface area contributed by atoms with Crippen LogP contribution in [0.4, 0.5) is 0 Å². The van der Waals surface area contributed by atoms with Crippen LogP contribution in [-0.4, -0.2) is 30.7 Å². The monoisotopic (exact) mass is 404 g/mol. The smallest absolute Gasteiger partial charge is 0.262 e. The van der Waals surface area contributed by atoms with Gasteiger partial charge in [-0.3, -0.25) is 18.6 Å². The van der Waals surface area contributed by atoms with E-state index >= 15 is 0 Å². The molecule has 0 saturated carbocycles. The fraction of sp³-hybridized carbons (Fsp3) is 0.273. The van der Waals surface area contributed by atoms with Gasteiger partial charge in [-0.1, -0.05) is 36.0 Å². The highest BCUT2D eigenvalue weighted by atomic mass is 32.2. The number of hydrogen-bond donors (Lipinski definition) is 0. The molecule has 0 atom stereocenters. The molecule has 0 bridgehead atoms. The van der Waals surface area contributed by atoms with Crippen LogP contribution in [0.25, 0.3) is 16.7 Å². The molecule has 6 nitrogen and oxygen atoms in total. The van der Waals surface area contributed by atoms with Crippen molar-refractivity contribution in [2.45, 2.75) is 30.8 Å². The average molecular weight is 404 g/mol. The molecule has 0 radical (unpaired) electrons. The molecular formula is C22H20N4O2S. The quantitative estimate of drug-likeness (QED) is 0.385. The van der Waals surface area contributed by atoms with Gasteiger partial charge in [-0.15, -0.1) is 10.2 Å². The number of Topliss-reactive ketones (excluding diaryl/α,β-unsaturated/α-hetero) is 1. The lowest BCUT2D eigenvalue weighted by molar-refractivity contribution is 0.102. The van der Waals surface area contributed by atoms with Gasteiger partial charge in [0.1, 0.15) is 0 Å². The Morgan fingerprint density at radius 2 is 1.86 bits per heavy atom. The molecule has 2 heterocycles. The largest absolute Gasteiger partial charge is 0.293 e. The van der Waals surface area contributed by atoms with Crippen LogP contribution >= 0.6 is 11.8 Å². The second-order valence-electron chi connectivity index (χ2n) is 7.40. The van der Waals surface area contributed by atoms with Gasteiger partial charge in [0.25, 0.3) is 5.56 Å². The summed E-state index contributed by atoms with van der Waals surface area (Å²) < 4.78 is 3.34. The number of aryl methyl sites for hydroxylation is 3. The Morgan fingerprint density at radius 3 is 2.72 bits per heavy atom. The van der Waals surface area contributed by atoms with E-state index in [1.54, 1.807) is 13.1 Å². The molecule has 5 rings (SSSR count). The van der Waals surface area contributed by atoms with Crippen molar-refractivity contribution >= 4 is 34.2 Å². The van der Waals surface area contributed by atoms with Crippen molar-refractivity contribution in [2.75, 3.05) is 5.75 Å². The van der Waals surface area contributed by atoms with Crippen molar-refractivity contribution in [3.05, 3.63) is 69.5 Å². The van der Waals surface area contributed by atoms with E-state index in [0.717, 1.165) is 23.9 Å². The van der Waals surface area contributed by atoms with E-state index < -0.39 is 0 Å². The van der Waals surface area contributed by atoms with Gasteiger partial charge < -0.3 is 0 Å². The lowest BCUT2D eigenvalue weighted by Gasteiger charge is -2.16. The molecule has 29 heavy (non-hydrogen) atoms. The first-order valence-electron chi connectivity index (χ1n) is 9.74. The van der Waals surface area contributed by atoms with Gasteiger partial charge in [0.2, 0.25) is 5.78 Å². The van der Waals surface area contributed by atoms with Gasteiger partial charge in [0, 0.05) is 12.6 Å². The second kappa shape index (κ2) is 7.15. The fourth-order valence-electron chi connectivity index (χ4n) is 4.03. The number of hydrogen-bond acceptors (Lipinski definition) is 5. The number of rotatable bonds is 4. The van der Waals surface area contributed by atoms with Crippen molar-refractivity contribution in [3.8, 4) is 0 Å². The standard InChI is InChI=1S/C22H20N4O2S/c1-25-20(28)17-8-4-5-9-18(17)26-21(25)23-24-22(26)29-13-19(27)16-11-10-14-6-2-3-7-15(14)12-16/h4-5,8-12H,2-3,6-7,13H2,1H3. The summed E-state index contributed by atoms with van der Waals surface area (Å²) in [5.41, 5.74) is 4.07. The van der Waals surface area contributed by atoms with E-state index in [2.05, 4.69) is 22.3 Å². The molecule has 146 valence electrons. The summed E-state index contributed by atoms with van der Waals surface area (Å²) >= 11 is 1.35. The summed E-state index contributed by atoms with van der Waals surface area (Å²) in [5, 5.41) is 9.64. The van der Waals surface area contributed by atoms with E-state index in [0.29, 0.717) is 16.3 Å². The Morgan fingerprint density at radius 1 is 1.07 bits per heavy atom. The molecule has 1 aliphatic carbocycles. The van der Waals surface area contributed by atoms with Crippen molar-refractivity contribution < 1.29 is 4.79 Å². The van der Waals surface area contributed by atoms with Crippen molar-refractivity contribution in [1.82, 2.24) is 19.2 Å². The number of para-hydroxylation sites is 1. The SMILES string of the molecule is Cn1c(=O)c2ccccc2n2c(SCC(=O)c3ccc4c(c3)CCCC4)nnc12. The molecule has 1 aliphatic rings. The van der Waals surface area contributed by atoms with Crippen LogP contribution in [0.5, 0.6) is 0 Å². The zero-order chi connectivity index (χ0) is 20.0. The maximum absolute atomic E-state index is 12.8. The molecular weight excluding hydrogens is 384 g/mol. The van der Waals surface area contributed by atoms with Gasteiger partial charge in [-0.05, 0) is 55.0 Å². The highest BCUT2D eigenvalue weighted by molar-refractivity contribution is 7.99. The minimum absolute atomic E-state index is 0.0780. The third-order valence-electron chi connectivity index (χ3n) is 5.60.